The van der Waals surface area contributed by atoms with Gasteiger partial charge in [-0.3, -0.25) is 5.10 Å². The van der Waals surface area contributed by atoms with Crippen LogP contribution in [-0.2, 0) is 0 Å². The quantitative estimate of drug-likeness (QED) is 0.667. The fourth-order valence-electron chi connectivity index (χ4n) is 1.22. The van der Waals surface area contributed by atoms with Gasteiger partial charge < -0.3 is 5.32 Å². The van der Waals surface area contributed by atoms with Crippen LogP contribution in [0.3, 0.4) is 0 Å². The van der Waals surface area contributed by atoms with Crippen LogP contribution in [0.15, 0.2) is 6.20 Å². The number of H-pyrrole nitrogens is 1. The molecule has 2 aromatic heterocycles. The van der Waals surface area contributed by atoms with Crippen molar-refractivity contribution in [1.82, 2.24) is 20.2 Å². The van der Waals surface area contributed by atoms with Crippen LogP contribution < -0.4 is 5.32 Å². The standard InChI is InChI=1S/C8H6ClF4N5/c9-7-16-4(3-1-15-18-5(3)17-7)14-2-8(12,13)6(10)11/h1,6H,2H2,(H2,14,15,16,17,18). The summed E-state index contributed by atoms with van der Waals surface area (Å²) < 4.78 is 49.5. The highest BCUT2D eigenvalue weighted by Gasteiger charge is 2.40. The highest BCUT2D eigenvalue weighted by Crippen LogP contribution is 2.25. The summed E-state index contributed by atoms with van der Waals surface area (Å²) in [6.07, 6.45) is -2.49. The second kappa shape index (κ2) is 4.56. The van der Waals surface area contributed by atoms with Crippen molar-refractivity contribution in [3.8, 4) is 0 Å². The molecule has 0 atom stereocenters. The van der Waals surface area contributed by atoms with E-state index in [4.69, 9.17) is 11.6 Å². The molecule has 0 unspecified atom stereocenters. The summed E-state index contributed by atoms with van der Waals surface area (Å²) >= 11 is 5.55. The molecule has 2 N–H and O–H groups in total. The zero-order chi connectivity index (χ0) is 13.3. The number of alkyl halides is 4. The molecule has 0 saturated carbocycles. The number of rotatable bonds is 4. The van der Waals surface area contributed by atoms with E-state index in [0.29, 0.717) is 0 Å². The average Bonchev–Trinajstić information content (AvgIpc) is 2.73. The summed E-state index contributed by atoms with van der Waals surface area (Å²) in [6, 6.07) is 0. The molecule has 98 valence electrons. The highest BCUT2D eigenvalue weighted by molar-refractivity contribution is 6.28. The van der Waals surface area contributed by atoms with Gasteiger partial charge in [-0.15, -0.1) is 0 Å². The number of fused-ring (bicyclic) bond motifs is 1. The molecule has 2 heterocycles. The van der Waals surface area contributed by atoms with E-state index in [9.17, 15) is 17.6 Å². The van der Waals surface area contributed by atoms with Crippen LogP contribution in [0.5, 0.6) is 0 Å². The molecule has 2 aromatic rings. The van der Waals surface area contributed by atoms with Crippen LogP contribution in [0.25, 0.3) is 11.0 Å². The van der Waals surface area contributed by atoms with Gasteiger partial charge in [-0.05, 0) is 11.6 Å². The predicted molar refractivity (Wildman–Crippen MR) is 56.1 cm³/mol. The lowest BCUT2D eigenvalue weighted by molar-refractivity contribution is -0.117. The Labute approximate surface area is 103 Å². The molecule has 0 saturated heterocycles. The molecule has 2 rings (SSSR count). The number of hydrogen-bond donors (Lipinski definition) is 2. The topological polar surface area (TPSA) is 66.5 Å². The summed E-state index contributed by atoms with van der Waals surface area (Å²) in [5.41, 5.74) is 0.220. The molecule has 18 heavy (non-hydrogen) atoms. The van der Waals surface area contributed by atoms with Crippen molar-refractivity contribution >= 4 is 28.5 Å². The van der Waals surface area contributed by atoms with E-state index in [0.717, 1.165) is 0 Å². The lowest BCUT2D eigenvalue weighted by Gasteiger charge is -2.16. The van der Waals surface area contributed by atoms with Crippen LogP contribution in [0.2, 0.25) is 5.28 Å². The number of hydrogen-bond acceptors (Lipinski definition) is 4. The molecule has 0 bridgehead atoms. The zero-order valence-corrected chi connectivity index (χ0v) is 9.35. The van der Waals surface area contributed by atoms with Crippen molar-refractivity contribution in [2.24, 2.45) is 0 Å². The molecule has 0 aliphatic heterocycles. The van der Waals surface area contributed by atoms with Gasteiger partial charge >= 0.3 is 12.3 Å². The number of aromatic nitrogens is 4. The third kappa shape index (κ3) is 2.45. The zero-order valence-electron chi connectivity index (χ0n) is 8.59. The number of nitrogens with zero attached hydrogens (tertiary/aromatic N) is 3. The van der Waals surface area contributed by atoms with Gasteiger partial charge in [-0.1, -0.05) is 0 Å². The van der Waals surface area contributed by atoms with Crippen LogP contribution in [0.1, 0.15) is 0 Å². The van der Waals surface area contributed by atoms with E-state index in [-0.39, 0.29) is 22.1 Å². The first-order valence-corrected chi connectivity index (χ1v) is 5.04. The first kappa shape index (κ1) is 12.8. The maximum atomic E-state index is 12.7. The molecule has 0 amide bonds. The average molecular weight is 284 g/mol. The van der Waals surface area contributed by atoms with E-state index in [1.54, 1.807) is 0 Å². The monoisotopic (exact) mass is 283 g/mol. The smallest absolute Gasteiger partial charge is 0.324 e. The second-order valence-corrected chi connectivity index (χ2v) is 3.73. The molecule has 10 heteroatoms. The molecule has 0 aliphatic carbocycles. The number of nitrogens with one attached hydrogen (secondary N) is 2. The Hall–Kier alpha value is -1.64. The molecule has 0 aliphatic rings. The minimum absolute atomic E-state index is 0.0842. The van der Waals surface area contributed by atoms with E-state index >= 15 is 0 Å². The molecule has 5 nitrogen and oxygen atoms in total. The minimum Gasteiger partial charge on any atom is -0.363 e. The summed E-state index contributed by atoms with van der Waals surface area (Å²) in [6.45, 7) is -1.27. The summed E-state index contributed by atoms with van der Waals surface area (Å²) in [5.74, 6) is -4.24. The Balaban J connectivity index is 2.24. The number of aromatic amines is 1. The fraction of sp³-hybridized carbons (Fsp3) is 0.375. The Bertz CT molecular complexity index is 557. The first-order chi connectivity index (χ1) is 8.40. The lowest BCUT2D eigenvalue weighted by atomic mass is 10.3. The van der Waals surface area contributed by atoms with Crippen LogP contribution >= 0.6 is 11.6 Å². The third-order valence-corrected chi connectivity index (χ3v) is 2.26. The van der Waals surface area contributed by atoms with Crippen LogP contribution in [0.4, 0.5) is 23.4 Å². The number of anilines is 1. The van der Waals surface area contributed by atoms with E-state index in [2.05, 4.69) is 25.5 Å². The molecule has 0 spiro atoms. The van der Waals surface area contributed by atoms with Crippen molar-refractivity contribution in [1.29, 1.82) is 0 Å². The van der Waals surface area contributed by atoms with Gasteiger partial charge in [0, 0.05) is 0 Å². The Morgan fingerprint density at radius 3 is 2.78 bits per heavy atom. The third-order valence-electron chi connectivity index (χ3n) is 2.09. The molecule has 0 fully saturated rings. The van der Waals surface area contributed by atoms with Gasteiger partial charge in [0.2, 0.25) is 5.28 Å². The maximum Gasteiger partial charge on any atom is 0.324 e. The van der Waals surface area contributed by atoms with Crippen LogP contribution in [-0.4, -0.2) is 39.1 Å². The normalized spacial score (nSPS) is 12.3. The Kier molecular flexibility index (Phi) is 3.24. The van der Waals surface area contributed by atoms with Gasteiger partial charge in [0.1, 0.15) is 5.82 Å². The van der Waals surface area contributed by atoms with Gasteiger partial charge in [-0.2, -0.15) is 23.8 Å². The fourth-order valence-corrected chi connectivity index (χ4v) is 1.39. The lowest BCUT2D eigenvalue weighted by Crippen LogP contribution is -2.35. The van der Waals surface area contributed by atoms with E-state index in [1.165, 1.54) is 6.20 Å². The van der Waals surface area contributed by atoms with Crippen molar-refractivity contribution in [3.63, 3.8) is 0 Å². The molecule has 0 radical (unpaired) electrons. The van der Waals surface area contributed by atoms with Crippen molar-refractivity contribution in [2.75, 3.05) is 11.9 Å². The summed E-state index contributed by atoms with van der Waals surface area (Å²) in [4.78, 5) is 7.38. The van der Waals surface area contributed by atoms with Gasteiger partial charge in [-0.25, -0.2) is 8.78 Å². The summed E-state index contributed by atoms with van der Waals surface area (Å²) in [7, 11) is 0. The Morgan fingerprint density at radius 1 is 1.39 bits per heavy atom. The van der Waals surface area contributed by atoms with E-state index in [1.807, 2.05) is 0 Å². The highest BCUT2D eigenvalue weighted by atomic mass is 35.5. The maximum absolute atomic E-state index is 12.7. The van der Waals surface area contributed by atoms with Crippen LogP contribution in [0, 0.1) is 0 Å². The van der Waals surface area contributed by atoms with Gasteiger partial charge in [0.25, 0.3) is 0 Å². The largest absolute Gasteiger partial charge is 0.363 e. The molecular weight excluding hydrogens is 278 g/mol. The summed E-state index contributed by atoms with van der Waals surface area (Å²) in [5, 5.41) is 8.26. The van der Waals surface area contributed by atoms with Gasteiger partial charge in [0.15, 0.2) is 5.65 Å². The first-order valence-electron chi connectivity index (χ1n) is 4.66. The van der Waals surface area contributed by atoms with Gasteiger partial charge in [0.05, 0.1) is 18.1 Å². The molecule has 0 aromatic carbocycles. The van der Waals surface area contributed by atoms with E-state index < -0.39 is 18.9 Å². The minimum atomic E-state index is -4.16. The Morgan fingerprint density at radius 2 is 2.11 bits per heavy atom. The van der Waals surface area contributed by atoms with Crippen molar-refractivity contribution in [3.05, 3.63) is 11.5 Å². The SMILES string of the molecule is FC(F)C(F)(F)CNc1nc(Cl)nc2[nH]ncc12. The van der Waals surface area contributed by atoms with Crippen molar-refractivity contribution in [2.45, 2.75) is 12.3 Å². The molecular formula is C8H6ClF4N5. The second-order valence-electron chi connectivity index (χ2n) is 3.39. The van der Waals surface area contributed by atoms with Crippen molar-refractivity contribution < 1.29 is 17.6 Å². The predicted octanol–water partition coefficient (Wildman–Crippen LogP) is 2.32. The number of halogens is 5.